The number of sulfonamides is 1. The summed E-state index contributed by atoms with van der Waals surface area (Å²) in [4.78, 5) is 21.3. The van der Waals surface area contributed by atoms with E-state index in [9.17, 15) is 13.2 Å². The second-order valence-electron chi connectivity index (χ2n) is 7.85. The molecule has 32 heavy (non-hydrogen) atoms. The minimum atomic E-state index is -3.25. The first-order valence-corrected chi connectivity index (χ1v) is 12.0. The molecular formula is C20H25N7O4S. The van der Waals surface area contributed by atoms with E-state index in [2.05, 4.69) is 25.1 Å². The summed E-state index contributed by atoms with van der Waals surface area (Å²) >= 11 is 0. The zero-order chi connectivity index (χ0) is 22.9. The molecule has 170 valence electrons. The molecule has 4 N–H and O–H groups in total. The predicted molar refractivity (Wildman–Crippen MR) is 119 cm³/mol. The fourth-order valence-corrected chi connectivity index (χ4v) is 4.89. The summed E-state index contributed by atoms with van der Waals surface area (Å²) in [5.74, 6) is 0.346. The average molecular weight is 460 g/mol. The van der Waals surface area contributed by atoms with Gasteiger partial charge in [-0.15, -0.1) is 0 Å². The number of hydrogen-bond donors (Lipinski definition) is 3. The van der Waals surface area contributed by atoms with Crippen LogP contribution < -0.4 is 20.5 Å². The molecule has 0 radical (unpaired) electrons. The molecule has 12 heteroatoms. The lowest BCUT2D eigenvalue weighted by molar-refractivity contribution is 0.0927. The lowest BCUT2D eigenvalue weighted by Gasteiger charge is -2.29. The summed E-state index contributed by atoms with van der Waals surface area (Å²) in [6.45, 7) is 0. The van der Waals surface area contributed by atoms with Crippen molar-refractivity contribution < 1.29 is 17.9 Å². The minimum Gasteiger partial charge on any atom is -0.481 e. The van der Waals surface area contributed by atoms with Crippen LogP contribution in [0.5, 0.6) is 5.88 Å². The fraction of sp³-hybridized carbons (Fsp3) is 0.400. The number of ether oxygens (including phenoxy) is 1. The molecule has 0 bridgehead atoms. The van der Waals surface area contributed by atoms with Crippen LogP contribution in [-0.4, -0.2) is 59.4 Å². The number of nitrogen functional groups attached to an aromatic ring is 1. The molecule has 0 atom stereocenters. The molecule has 0 aliphatic heterocycles. The number of carbonyl (C=O) groups is 1. The van der Waals surface area contributed by atoms with Crippen LogP contribution in [-0.2, 0) is 10.0 Å². The van der Waals surface area contributed by atoms with Crippen LogP contribution in [0.2, 0.25) is 0 Å². The lowest BCUT2D eigenvalue weighted by Crippen LogP contribution is -2.43. The van der Waals surface area contributed by atoms with Crippen molar-refractivity contribution in [1.82, 2.24) is 29.6 Å². The summed E-state index contributed by atoms with van der Waals surface area (Å²) in [6.07, 6.45) is 6.75. The summed E-state index contributed by atoms with van der Waals surface area (Å²) in [5.41, 5.74) is 8.30. The molecule has 1 aliphatic carbocycles. The minimum absolute atomic E-state index is 0.0645. The van der Waals surface area contributed by atoms with E-state index in [0.717, 1.165) is 11.8 Å². The highest BCUT2D eigenvalue weighted by molar-refractivity contribution is 7.88. The molecule has 0 aromatic carbocycles. The fourth-order valence-electron chi connectivity index (χ4n) is 4.05. The van der Waals surface area contributed by atoms with Gasteiger partial charge in [0.05, 0.1) is 24.6 Å². The molecule has 0 spiro atoms. The standard InChI is InChI=1S/C20H25N7O4S/c1-31-17-9-12(7-8-22-17)16-10-15(18-19(21)23-11-24-27(16)18)20(28)25-13-3-5-14(6-4-13)26-32(2,29)30/h7-11,13-14,26H,3-6H2,1-2H3,(H,25,28)(H2,21,23,24). The largest absolute Gasteiger partial charge is 0.481 e. The highest BCUT2D eigenvalue weighted by Gasteiger charge is 2.27. The number of nitrogens with two attached hydrogens (primary N) is 1. The van der Waals surface area contributed by atoms with Gasteiger partial charge in [-0.25, -0.2) is 27.6 Å². The number of nitrogens with one attached hydrogen (secondary N) is 2. The Morgan fingerprint density at radius 1 is 1.19 bits per heavy atom. The molecule has 11 nitrogen and oxygen atoms in total. The van der Waals surface area contributed by atoms with Gasteiger partial charge in [-0.1, -0.05) is 0 Å². The van der Waals surface area contributed by atoms with Crippen molar-refractivity contribution in [3.8, 4) is 17.1 Å². The first kappa shape index (κ1) is 22.0. The van der Waals surface area contributed by atoms with Gasteiger partial charge in [-0.3, -0.25) is 4.79 Å². The Kier molecular flexibility index (Phi) is 5.98. The third-order valence-corrected chi connectivity index (χ3v) is 6.27. The van der Waals surface area contributed by atoms with Crippen LogP contribution in [0.1, 0.15) is 36.0 Å². The molecule has 0 saturated heterocycles. The van der Waals surface area contributed by atoms with Gasteiger partial charge in [-0.2, -0.15) is 5.10 Å². The van der Waals surface area contributed by atoms with Crippen molar-refractivity contribution >= 4 is 27.3 Å². The molecule has 4 rings (SSSR count). The molecule has 3 aromatic rings. The van der Waals surface area contributed by atoms with E-state index < -0.39 is 10.0 Å². The maximum atomic E-state index is 13.2. The molecule has 1 saturated carbocycles. The summed E-state index contributed by atoms with van der Waals surface area (Å²) in [7, 11) is -1.72. The second kappa shape index (κ2) is 8.71. The molecule has 3 aromatic heterocycles. The van der Waals surface area contributed by atoms with Gasteiger partial charge in [0.25, 0.3) is 5.91 Å². The highest BCUT2D eigenvalue weighted by atomic mass is 32.2. The summed E-state index contributed by atoms with van der Waals surface area (Å²) in [6, 6.07) is 5.09. The number of pyridine rings is 1. The maximum absolute atomic E-state index is 13.2. The zero-order valence-corrected chi connectivity index (χ0v) is 18.6. The molecule has 1 amide bonds. The van der Waals surface area contributed by atoms with Gasteiger partial charge >= 0.3 is 0 Å². The van der Waals surface area contributed by atoms with Crippen molar-refractivity contribution in [2.45, 2.75) is 37.8 Å². The molecule has 1 fully saturated rings. The molecular weight excluding hydrogens is 434 g/mol. The Morgan fingerprint density at radius 3 is 2.59 bits per heavy atom. The van der Waals surface area contributed by atoms with Crippen molar-refractivity contribution in [2.24, 2.45) is 0 Å². The van der Waals surface area contributed by atoms with Crippen LogP contribution in [0.4, 0.5) is 5.82 Å². The first-order chi connectivity index (χ1) is 15.2. The average Bonchev–Trinajstić information content (AvgIpc) is 3.15. The topological polar surface area (TPSA) is 154 Å². The Bertz CT molecular complexity index is 1250. The summed E-state index contributed by atoms with van der Waals surface area (Å²) in [5, 5.41) is 7.33. The summed E-state index contributed by atoms with van der Waals surface area (Å²) < 4.78 is 32.3. The number of fused-ring (bicyclic) bond motifs is 1. The third-order valence-electron chi connectivity index (χ3n) is 5.51. The number of aromatic nitrogens is 4. The Morgan fingerprint density at radius 2 is 1.91 bits per heavy atom. The van der Waals surface area contributed by atoms with E-state index in [4.69, 9.17) is 10.5 Å². The van der Waals surface area contributed by atoms with Gasteiger partial charge in [0, 0.05) is 29.9 Å². The smallest absolute Gasteiger partial charge is 0.253 e. The van der Waals surface area contributed by atoms with Crippen LogP contribution in [0.25, 0.3) is 16.8 Å². The van der Waals surface area contributed by atoms with E-state index in [-0.39, 0.29) is 23.8 Å². The number of hydrogen-bond acceptors (Lipinski definition) is 8. The van der Waals surface area contributed by atoms with Gasteiger partial charge in [0.1, 0.15) is 11.8 Å². The van der Waals surface area contributed by atoms with E-state index in [1.54, 1.807) is 28.9 Å². The van der Waals surface area contributed by atoms with E-state index >= 15 is 0 Å². The monoisotopic (exact) mass is 459 g/mol. The Balaban J connectivity index is 1.58. The number of nitrogens with zero attached hydrogens (tertiary/aromatic N) is 4. The van der Waals surface area contributed by atoms with Crippen molar-refractivity contribution in [1.29, 1.82) is 0 Å². The maximum Gasteiger partial charge on any atom is 0.253 e. The second-order valence-corrected chi connectivity index (χ2v) is 9.63. The molecule has 0 unspecified atom stereocenters. The van der Waals surface area contributed by atoms with E-state index in [1.165, 1.54) is 13.4 Å². The SMILES string of the molecule is COc1cc(-c2cc(C(=O)NC3CCC(NS(C)(=O)=O)CC3)c3c(N)ncnn23)ccn1. The third kappa shape index (κ3) is 4.65. The van der Waals surface area contributed by atoms with Gasteiger partial charge in [-0.05, 0) is 37.8 Å². The van der Waals surface area contributed by atoms with Crippen molar-refractivity contribution in [3.63, 3.8) is 0 Å². The zero-order valence-electron chi connectivity index (χ0n) is 17.8. The number of carbonyl (C=O) groups excluding carboxylic acids is 1. The normalized spacial score (nSPS) is 19.1. The van der Waals surface area contributed by atoms with Crippen molar-refractivity contribution in [2.75, 3.05) is 19.1 Å². The predicted octanol–water partition coefficient (Wildman–Crippen LogP) is 0.972. The first-order valence-electron chi connectivity index (χ1n) is 10.2. The van der Waals surface area contributed by atoms with Gasteiger partial charge in [0.15, 0.2) is 5.82 Å². The van der Waals surface area contributed by atoms with E-state index in [0.29, 0.717) is 48.3 Å². The Hall–Kier alpha value is -3.25. The molecule has 1 aliphatic rings. The number of amides is 1. The molecule has 3 heterocycles. The van der Waals surface area contributed by atoms with Crippen LogP contribution in [0.3, 0.4) is 0 Å². The Labute approximate surface area is 185 Å². The highest BCUT2D eigenvalue weighted by Crippen LogP contribution is 2.29. The van der Waals surface area contributed by atoms with Gasteiger partial charge in [0.2, 0.25) is 15.9 Å². The number of methoxy groups -OCH3 is 1. The van der Waals surface area contributed by atoms with Crippen LogP contribution in [0, 0.1) is 0 Å². The lowest BCUT2D eigenvalue weighted by atomic mass is 9.91. The van der Waals surface area contributed by atoms with E-state index in [1.807, 2.05) is 0 Å². The number of anilines is 1. The van der Waals surface area contributed by atoms with Crippen molar-refractivity contribution in [3.05, 3.63) is 36.3 Å². The quantitative estimate of drug-likeness (QED) is 0.493. The van der Waals surface area contributed by atoms with Crippen LogP contribution >= 0.6 is 0 Å². The number of rotatable bonds is 6. The van der Waals surface area contributed by atoms with Crippen LogP contribution in [0.15, 0.2) is 30.7 Å². The van der Waals surface area contributed by atoms with Gasteiger partial charge < -0.3 is 15.8 Å².